The molecular weight excluding hydrogens is 1210 g/mol. The summed E-state index contributed by atoms with van der Waals surface area (Å²) in [6.45, 7) is 77.6. The van der Waals surface area contributed by atoms with Crippen LogP contribution in [-0.2, 0) is 25.9 Å². The zero-order valence-electron chi connectivity index (χ0n) is 64.6. The van der Waals surface area contributed by atoms with E-state index >= 15 is 0 Å². The van der Waals surface area contributed by atoms with Crippen LogP contribution in [0.5, 0.6) is 0 Å². The van der Waals surface area contributed by atoms with Crippen molar-refractivity contribution >= 4 is 63.2 Å². The molecule has 4 aliphatic carbocycles. The van der Waals surface area contributed by atoms with Crippen molar-refractivity contribution in [2.24, 2.45) is 11.8 Å². The molecule has 7 aromatic rings. The lowest BCUT2D eigenvalue weighted by Crippen LogP contribution is -2.11. The smallest absolute Gasteiger partial charge is 0.114 e. The molecule has 0 N–H and O–H groups in total. The summed E-state index contributed by atoms with van der Waals surface area (Å²) in [5.41, 5.74) is 39.9. The van der Waals surface area contributed by atoms with Gasteiger partial charge in [0.1, 0.15) is 5.60 Å². The fourth-order valence-corrected chi connectivity index (χ4v) is 20.7. The topological polar surface area (TPSA) is 12.5 Å². The van der Waals surface area contributed by atoms with Gasteiger partial charge in [-0.15, -0.1) is 57.1 Å². The maximum Gasteiger partial charge on any atom is 0.114 e. The first-order valence-corrected chi connectivity index (χ1v) is 39.2. The number of allylic oxidation sites excluding steroid dienone is 1. The fourth-order valence-electron chi connectivity index (χ4n) is 14.8. The van der Waals surface area contributed by atoms with Crippen molar-refractivity contribution in [1.29, 1.82) is 0 Å². The predicted octanol–water partition coefficient (Wildman–Crippen LogP) is 27.0. The summed E-state index contributed by atoms with van der Waals surface area (Å²) in [6, 6.07) is 0. The number of thioether (sulfide) groups is 1. The molecule has 6 unspecified atom stereocenters. The van der Waals surface area contributed by atoms with Gasteiger partial charge in [-0.2, -0.15) is 0 Å². The number of hydrogen-bond acceptors (Lipinski definition) is 6. The van der Waals surface area contributed by atoms with Gasteiger partial charge in [-0.05, 0) is 420 Å². The van der Waals surface area contributed by atoms with Gasteiger partial charge in [-0.1, -0.05) is 39.8 Å². The van der Waals surface area contributed by atoms with Crippen LogP contribution in [0.25, 0.3) is 6.08 Å². The molecule has 6 heterocycles. The molecule has 1 nitrogen and oxygen atoms in total. The number of hydrogen-bond donors (Lipinski definition) is 0. The van der Waals surface area contributed by atoms with Gasteiger partial charge >= 0.3 is 0 Å². The lowest BCUT2D eigenvalue weighted by Gasteiger charge is -2.21. The van der Waals surface area contributed by atoms with Gasteiger partial charge in [0.25, 0.3) is 0 Å². The van der Waals surface area contributed by atoms with Crippen LogP contribution >= 0.6 is 57.1 Å². The summed E-state index contributed by atoms with van der Waals surface area (Å²) in [5.74, 6) is 4.98. The summed E-state index contributed by atoms with van der Waals surface area (Å²) >= 11 is 10.0. The number of thiophene rings is 4. The third-order valence-electron chi connectivity index (χ3n) is 24.3. The van der Waals surface area contributed by atoms with Gasteiger partial charge in [0, 0.05) is 54.9 Å². The van der Waals surface area contributed by atoms with Crippen LogP contribution in [0.4, 0.5) is 0 Å². The molecule has 6 heteroatoms. The van der Waals surface area contributed by atoms with Crippen LogP contribution < -0.4 is 0 Å². The van der Waals surface area contributed by atoms with Gasteiger partial charge in [0.2, 0.25) is 0 Å². The van der Waals surface area contributed by atoms with Crippen molar-refractivity contribution in [3.63, 3.8) is 0 Å². The second-order valence-corrected chi connectivity index (χ2v) is 37.6. The Morgan fingerprint density at radius 3 is 1.02 bits per heavy atom. The van der Waals surface area contributed by atoms with Crippen LogP contribution in [0.1, 0.15) is 282 Å². The molecule has 6 atom stereocenters. The highest BCUT2D eigenvalue weighted by atomic mass is 32.2. The largest absolute Gasteiger partial charge is 0.365 e. The molecule has 6 aliphatic rings. The lowest BCUT2D eigenvalue weighted by molar-refractivity contribution is 0.327. The van der Waals surface area contributed by atoms with Gasteiger partial charge < -0.3 is 4.74 Å². The van der Waals surface area contributed by atoms with Crippen LogP contribution in [0.15, 0.2) is 6.08 Å². The molecule has 2 aliphatic heterocycles. The first-order valence-electron chi connectivity index (χ1n) is 35.0. The maximum absolute atomic E-state index is 5.59. The molecule has 4 aromatic heterocycles. The van der Waals surface area contributed by atoms with Crippen molar-refractivity contribution in [2.75, 3.05) is 12.4 Å². The molecule has 504 valence electrons. The minimum atomic E-state index is -0.00259. The molecule has 6 fully saturated rings. The minimum absolute atomic E-state index is 0.00259. The Morgan fingerprint density at radius 1 is 0.359 bits per heavy atom. The molecule has 4 saturated carbocycles. The normalized spacial score (nSPS) is 22.0. The SMILES string of the molecule is CC=Cc1c(C)c(C)c(C)c(C)c1C.Cc1c(C)c(C)c(C2(C)CO2)c(C)c1C.Cc1c(C)c(C)c(C2(C)CS2)c(C)c1C.Cc1sc(C)c(C2(C)CC2)c1C.Cc1sc(C)c(C2CC2C)c1C.Cc1sc(C2(C)CC2)c(C)c1C.Cc1sc(C2CC2C)c(C)c1C. The van der Waals surface area contributed by atoms with E-state index in [9.17, 15) is 0 Å². The van der Waals surface area contributed by atoms with E-state index in [0.717, 1.165) is 30.3 Å². The quantitative estimate of drug-likeness (QED) is 0.148. The number of benzene rings is 3. The van der Waals surface area contributed by atoms with Crippen molar-refractivity contribution in [1.82, 2.24) is 0 Å². The Kier molecular flexibility index (Phi) is 23.8. The van der Waals surface area contributed by atoms with E-state index in [1.54, 1.807) is 58.5 Å². The van der Waals surface area contributed by atoms with Crippen LogP contribution in [0.3, 0.4) is 0 Å². The van der Waals surface area contributed by atoms with Crippen molar-refractivity contribution < 1.29 is 4.74 Å². The first-order chi connectivity index (χ1) is 42.6. The summed E-state index contributed by atoms with van der Waals surface area (Å²) in [6.07, 6.45) is 12.7. The summed E-state index contributed by atoms with van der Waals surface area (Å²) < 4.78 is 6.01. The highest BCUT2D eigenvalue weighted by Crippen LogP contribution is 2.57. The van der Waals surface area contributed by atoms with Crippen LogP contribution in [0.2, 0.25) is 0 Å². The third kappa shape index (κ3) is 15.9. The second kappa shape index (κ2) is 28.9. The predicted molar refractivity (Wildman–Crippen MR) is 419 cm³/mol. The average Bonchev–Trinajstić information content (AvgIpc) is 1.60. The van der Waals surface area contributed by atoms with E-state index in [2.05, 4.69) is 259 Å². The Labute approximate surface area is 584 Å². The monoisotopic (exact) mass is 1330 g/mol. The van der Waals surface area contributed by atoms with Gasteiger partial charge in [0.15, 0.2) is 0 Å². The number of rotatable bonds is 7. The van der Waals surface area contributed by atoms with Gasteiger partial charge in [-0.25, -0.2) is 0 Å². The number of ether oxygens (including phenoxy) is 1. The van der Waals surface area contributed by atoms with E-state index in [-0.39, 0.29) is 5.60 Å². The van der Waals surface area contributed by atoms with Crippen LogP contribution in [-0.4, -0.2) is 12.4 Å². The first kappa shape index (κ1) is 75.9. The van der Waals surface area contributed by atoms with E-state index in [1.165, 1.54) is 169 Å². The van der Waals surface area contributed by atoms with Crippen LogP contribution in [0, 0.1) is 199 Å². The van der Waals surface area contributed by atoms with E-state index in [0.29, 0.717) is 15.6 Å². The van der Waals surface area contributed by atoms with Crippen molar-refractivity contribution in [2.45, 2.75) is 307 Å². The Hall–Kier alpha value is -3.49. The van der Waals surface area contributed by atoms with E-state index in [4.69, 9.17) is 4.74 Å². The molecule has 0 spiro atoms. The number of aryl methyl sites for hydroxylation is 6. The zero-order valence-corrected chi connectivity index (χ0v) is 68.7. The van der Waals surface area contributed by atoms with E-state index < -0.39 is 0 Å². The summed E-state index contributed by atoms with van der Waals surface area (Å²) in [4.78, 5) is 12.5. The molecule has 0 radical (unpaired) electrons. The lowest BCUT2D eigenvalue weighted by atomic mass is 9.84. The molecule has 0 amide bonds. The summed E-state index contributed by atoms with van der Waals surface area (Å²) in [7, 11) is 0. The van der Waals surface area contributed by atoms with Gasteiger partial charge in [0.05, 0.1) is 6.61 Å². The highest BCUT2D eigenvalue weighted by Gasteiger charge is 2.46. The standard InChI is InChI=1S/C14H20O.C14H20S.C14H20.4C11H16S/c2*1-8-9(2)11(4)13(12(5)10(8)3)14(6)7-15-14;1-7-8-14-12(5)10(3)9(2)11(4)13(14)6;1-7-8(2)12-9(3)10(7)11(4)5-6-11;1-7-8(2)10(12-9(7)3)11(4)5-6-11;1-6-5-10(6)11-7(2)8(3)12-9(11)4;1-6-5-10(6)11-8(3)7(2)9(4)12-11/h2*7H2,1-6H3;7-8H,1-6H3;2*5-6H2,1-4H3;2*6,10H,5H2,1-4H3. The highest BCUT2D eigenvalue weighted by molar-refractivity contribution is 8.07. The number of epoxide rings is 1. The average molecular weight is 1330 g/mol. The molecule has 13 rings (SSSR count). The zero-order chi connectivity index (χ0) is 69.3. The Bertz CT molecular complexity index is 3730. The van der Waals surface area contributed by atoms with E-state index in [1.807, 2.05) is 45.3 Å². The molecule has 0 bridgehead atoms. The second-order valence-electron chi connectivity index (χ2n) is 30.8. The van der Waals surface area contributed by atoms with Gasteiger partial charge in [-0.3, -0.25) is 0 Å². The molecular formula is C86H124OS5. The Balaban J connectivity index is 0.000000153. The molecule has 2 saturated heterocycles. The molecule has 92 heavy (non-hydrogen) atoms. The van der Waals surface area contributed by atoms with Crippen molar-refractivity contribution in [3.05, 3.63) is 190 Å². The van der Waals surface area contributed by atoms with Crippen molar-refractivity contribution in [3.8, 4) is 0 Å². The minimum Gasteiger partial charge on any atom is -0.365 e. The summed E-state index contributed by atoms with van der Waals surface area (Å²) in [5, 5.41) is 0. The Morgan fingerprint density at radius 2 is 0.717 bits per heavy atom. The molecule has 3 aromatic carbocycles. The fraction of sp³-hybridized carbons (Fsp3) is 0.581. The maximum atomic E-state index is 5.59. The third-order valence-corrected chi connectivity index (χ3v) is 30.9.